The van der Waals surface area contributed by atoms with E-state index in [1.54, 1.807) is 14.2 Å². The Kier molecular flexibility index (Phi) is 7.46. The number of rotatable bonds is 7. The Morgan fingerprint density at radius 3 is 1.97 bits per heavy atom. The Hall–Kier alpha value is -2.12. The highest BCUT2D eigenvalue weighted by Crippen LogP contribution is 2.55. The zero-order valence-corrected chi connectivity index (χ0v) is 24.1. The van der Waals surface area contributed by atoms with Crippen LogP contribution in [0.5, 0.6) is 11.5 Å². The molecule has 1 heterocycles. The first-order valence-electron chi connectivity index (χ1n) is 12.7. The maximum Gasteiger partial charge on any atom is 0.175 e. The molecule has 0 aromatic heterocycles. The Bertz CT molecular complexity index is 1090. The highest BCUT2D eigenvalue weighted by atomic mass is 79.9. The van der Waals surface area contributed by atoms with E-state index in [-0.39, 0.29) is 22.4 Å². The third-order valence-electron chi connectivity index (χ3n) is 7.41. The molecular formula is C29H38BrNO5. The minimum Gasteiger partial charge on any atom is -0.493 e. The van der Waals surface area contributed by atoms with Crippen molar-refractivity contribution in [1.82, 2.24) is 4.90 Å². The number of carbonyl (C=O) groups excluding carboxylic acids is 2. The van der Waals surface area contributed by atoms with Crippen molar-refractivity contribution >= 4 is 27.5 Å². The molecule has 36 heavy (non-hydrogen) atoms. The second kappa shape index (κ2) is 9.97. The molecule has 0 unspecified atom stereocenters. The van der Waals surface area contributed by atoms with E-state index >= 15 is 0 Å². The van der Waals surface area contributed by atoms with Crippen molar-refractivity contribution in [3.63, 3.8) is 0 Å². The van der Waals surface area contributed by atoms with Crippen LogP contribution in [0.4, 0.5) is 0 Å². The van der Waals surface area contributed by atoms with Crippen LogP contribution in [-0.2, 0) is 14.3 Å². The van der Waals surface area contributed by atoms with Crippen molar-refractivity contribution in [1.29, 1.82) is 0 Å². The lowest BCUT2D eigenvalue weighted by Gasteiger charge is -2.49. The van der Waals surface area contributed by atoms with Gasteiger partial charge in [0.2, 0.25) is 0 Å². The highest BCUT2D eigenvalue weighted by molar-refractivity contribution is 9.10. The maximum absolute atomic E-state index is 13.8. The van der Waals surface area contributed by atoms with Gasteiger partial charge in [-0.15, -0.1) is 0 Å². The van der Waals surface area contributed by atoms with Crippen LogP contribution in [0, 0.1) is 10.8 Å². The highest BCUT2D eigenvalue weighted by Gasteiger charge is 2.49. The molecule has 3 aliphatic rings. The third-order valence-corrected chi connectivity index (χ3v) is 8.00. The summed E-state index contributed by atoms with van der Waals surface area (Å²) in [5.41, 5.74) is 4.11. The number of ether oxygens (including phenoxy) is 3. The van der Waals surface area contributed by atoms with E-state index in [2.05, 4.69) is 48.5 Å². The van der Waals surface area contributed by atoms with Crippen molar-refractivity contribution in [2.45, 2.75) is 66.2 Å². The predicted molar refractivity (Wildman–Crippen MR) is 143 cm³/mol. The van der Waals surface area contributed by atoms with Gasteiger partial charge < -0.3 is 19.1 Å². The molecule has 0 fully saturated rings. The second-order valence-corrected chi connectivity index (χ2v) is 12.5. The number of nitrogens with zero attached hydrogens (tertiary/aromatic N) is 1. The molecule has 0 saturated carbocycles. The van der Waals surface area contributed by atoms with Crippen LogP contribution in [0.15, 0.2) is 39.1 Å². The fourth-order valence-corrected chi connectivity index (χ4v) is 6.60. The van der Waals surface area contributed by atoms with Gasteiger partial charge in [-0.2, -0.15) is 0 Å². The van der Waals surface area contributed by atoms with E-state index < -0.39 is 5.92 Å². The number of benzene rings is 1. The number of allylic oxidation sites excluding steroid dienone is 4. The fourth-order valence-electron chi connectivity index (χ4n) is 6.02. The van der Waals surface area contributed by atoms with Crippen LogP contribution >= 0.6 is 15.9 Å². The zero-order valence-electron chi connectivity index (χ0n) is 22.5. The molecule has 1 aromatic rings. The standard InChI is InChI=1S/C29H38BrNO5/c1-8-36-27-18(30)11-17(12-23(27)35-7)24-25-19(13-28(2,3)15-21(25)32)31(9-10-34-6)20-14-29(4,5)16-22(33)26(20)24/h11-12,24H,8-10,13-16H2,1-7H3. The lowest BCUT2D eigenvalue weighted by molar-refractivity contribution is -0.119. The Morgan fingerprint density at radius 2 is 1.50 bits per heavy atom. The summed E-state index contributed by atoms with van der Waals surface area (Å²) in [6, 6.07) is 3.92. The number of hydrogen-bond acceptors (Lipinski definition) is 6. The molecule has 2 aliphatic carbocycles. The van der Waals surface area contributed by atoms with E-state index in [0.29, 0.717) is 44.1 Å². The monoisotopic (exact) mass is 559 g/mol. The summed E-state index contributed by atoms with van der Waals surface area (Å²) in [5, 5.41) is 0. The molecule has 4 rings (SSSR count). The lowest BCUT2D eigenvalue weighted by atomic mass is 9.63. The van der Waals surface area contributed by atoms with Gasteiger partial charge in [0, 0.05) is 55.0 Å². The summed E-state index contributed by atoms with van der Waals surface area (Å²) in [6.07, 6.45) is 2.46. The molecule has 196 valence electrons. The van der Waals surface area contributed by atoms with Gasteiger partial charge in [0.1, 0.15) is 0 Å². The molecule has 1 aromatic carbocycles. The average molecular weight is 561 g/mol. The number of Topliss-reactive ketones (excluding diaryl/α,β-unsaturated/α-hetero) is 2. The first-order valence-corrected chi connectivity index (χ1v) is 13.5. The van der Waals surface area contributed by atoms with Crippen LogP contribution < -0.4 is 9.47 Å². The predicted octanol–water partition coefficient (Wildman–Crippen LogP) is 6.19. The number of halogens is 1. The molecule has 0 atom stereocenters. The van der Waals surface area contributed by atoms with Crippen LogP contribution in [0.3, 0.4) is 0 Å². The van der Waals surface area contributed by atoms with E-state index in [4.69, 9.17) is 14.2 Å². The van der Waals surface area contributed by atoms with Crippen LogP contribution in [-0.4, -0.2) is 50.4 Å². The van der Waals surface area contributed by atoms with Crippen molar-refractivity contribution in [3.8, 4) is 11.5 Å². The van der Waals surface area contributed by atoms with Gasteiger partial charge in [-0.1, -0.05) is 27.7 Å². The topological polar surface area (TPSA) is 65.1 Å². The van der Waals surface area contributed by atoms with E-state index in [0.717, 1.165) is 45.4 Å². The number of carbonyl (C=O) groups is 2. The summed E-state index contributed by atoms with van der Waals surface area (Å²) < 4.78 is 17.7. The van der Waals surface area contributed by atoms with Crippen LogP contribution in [0.1, 0.15) is 71.8 Å². The molecule has 1 aliphatic heterocycles. The van der Waals surface area contributed by atoms with Crippen LogP contribution in [0.25, 0.3) is 0 Å². The minimum absolute atomic E-state index is 0.113. The summed E-state index contributed by atoms with van der Waals surface area (Å²) in [5.74, 6) is 1.00. The maximum atomic E-state index is 13.8. The molecule has 0 radical (unpaired) electrons. The van der Waals surface area contributed by atoms with E-state index in [1.807, 2.05) is 19.1 Å². The second-order valence-electron chi connectivity index (χ2n) is 11.6. The molecule has 0 N–H and O–H groups in total. The molecule has 6 nitrogen and oxygen atoms in total. The summed E-state index contributed by atoms with van der Waals surface area (Å²) in [7, 11) is 3.30. The van der Waals surface area contributed by atoms with Crippen molar-refractivity contribution < 1.29 is 23.8 Å². The first kappa shape index (κ1) is 26.9. The van der Waals surface area contributed by atoms with Gasteiger partial charge in [-0.05, 0) is 64.2 Å². The van der Waals surface area contributed by atoms with Gasteiger partial charge in [0.05, 0.1) is 24.8 Å². The van der Waals surface area contributed by atoms with Crippen molar-refractivity contribution in [2.75, 3.05) is 34.0 Å². The Balaban J connectivity index is 2.00. The van der Waals surface area contributed by atoms with Gasteiger partial charge in [0.25, 0.3) is 0 Å². The quantitative estimate of drug-likeness (QED) is 0.397. The van der Waals surface area contributed by atoms with Gasteiger partial charge >= 0.3 is 0 Å². The van der Waals surface area contributed by atoms with Gasteiger partial charge in [-0.25, -0.2) is 0 Å². The molecular weight excluding hydrogens is 522 g/mol. The fraction of sp³-hybridized carbons (Fsp3) is 0.586. The van der Waals surface area contributed by atoms with Crippen LogP contribution in [0.2, 0.25) is 0 Å². The molecule has 0 bridgehead atoms. The molecule has 0 spiro atoms. The summed E-state index contributed by atoms with van der Waals surface area (Å²) in [6.45, 7) is 12.1. The smallest absolute Gasteiger partial charge is 0.175 e. The number of methoxy groups -OCH3 is 2. The zero-order chi connectivity index (χ0) is 26.4. The summed E-state index contributed by atoms with van der Waals surface area (Å²) in [4.78, 5) is 29.9. The van der Waals surface area contributed by atoms with Gasteiger partial charge in [0.15, 0.2) is 23.1 Å². The first-order chi connectivity index (χ1) is 16.9. The average Bonchev–Trinajstić information content (AvgIpc) is 2.77. The normalized spacial score (nSPS) is 21.5. The lowest BCUT2D eigenvalue weighted by Crippen LogP contribution is -2.45. The third kappa shape index (κ3) is 4.89. The van der Waals surface area contributed by atoms with Gasteiger partial charge in [-0.3, -0.25) is 9.59 Å². The molecule has 0 saturated heterocycles. The van der Waals surface area contributed by atoms with Crippen molar-refractivity contribution in [3.05, 3.63) is 44.7 Å². The number of hydrogen-bond donors (Lipinski definition) is 0. The Labute approximate surface area is 223 Å². The van der Waals surface area contributed by atoms with Crippen molar-refractivity contribution in [2.24, 2.45) is 10.8 Å². The molecule has 0 amide bonds. The Morgan fingerprint density at radius 1 is 0.944 bits per heavy atom. The SMILES string of the molecule is CCOc1c(Br)cc(C2C3=C(CC(C)(C)CC3=O)N(CCOC)C3=C2C(=O)CC(C)(C)C3)cc1OC. The summed E-state index contributed by atoms with van der Waals surface area (Å²) >= 11 is 3.66. The number of ketones is 2. The molecule has 7 heteroatoms. The van der Waals surface area contributed by atoms with E-state index in [9.17, 15) is 9.59 Å². The minimum atomic E-state index is -0.429. The largest absolute Gasteiger partial charge is 0.493 e. The van der Waals surface area contributed by atoms with E-state index in [1.165, 1.54) is 0 Å².